The second-order valence-electron chi connectivity index (χ2n) is 5.36. The van der Waals surface area contributed by atoms with E-state index in [1.165, 1.54) is 11.8 Å². The molecule has 2 aromatic rings. The van der Waals surface area contributed by atoms with Crippen molar-refractivity contribution < 1.29 is 9.59 Å². The van der Waals surface area contributed by atoms with E-state index in [2.05, 4.69) is 20.8 Å². The number of carbonyl (C=O) groups excluding carboxylic acids is 2. The lowest BCUT2D eigenvalue weighted by Gasteiger charge is -2.05. The number of halogens is 1. The van der Waals surface area contributed by atoms with Crippen molar-refractivity contribution in [2.45, 2.75) is 17.9 Å². The summed E-state index contributed by atoms with van der Waals surface area (Å²) in [5.74, 6) is 0.618. The summed E-state index contributed by atoms with van der Waals surface area (Å²) < 4.78 is 0. The van der Waals surface area contributed by atoms with Gasteiger partial charge in [0.2, 0.25) is 11.8 Å². The van der Waals surface area contributed by atoms with Gasteiger partial charge in [0.05, 0.1) is 5.75 Å². The van der Waals surface area contributed by atoms with E-state index in [1.54, 1.807) is 36.4 Å². The fraction of sp³-hybridized carbons (Fsp3) is 0.250. The van der Waals surface area contributed by atoms with Crippen molar-refractivity contribution in [3.8, 4) is 0 Å². The van der Waals surface area contributed by atoms with Crippen LogP contribution in [0, 0.1) is 5.92 Å². The van der Waals surface area contributed by atoms with Crippen LogP contribution in [0.1, 0.15) is 12.8 Å². The molecule has 1 heterocycles. The van der Waals surface area contributed by atoms with Gasteiger partial charge in [-0.3, -0.25) is 9.59 Å². The van der Waals surface area contributed by atoms with Gasteiger partial charge in [-0.15, -0.1) is 10.2 Å². The lowest BCUT2D eigenvalue weighted by Crippen LogP contribution is -2.15. The van der Waals surface area contributed by atoms with Crippen LogP contribution in [-0.4, -0.2) is 27.8 Å². The van der Waals surface area contributed by atoms with Crippen LogP contribution in [0.2, 0.25) is 5.02 Å². The third-order valence-corrected chi connectivity index (χ3v) is 4.49. The third kappa shape index (κ3) is 4.94. The SMILES string of the molecule is O=C(CSc1ccc(NC(=O)C2CC2)nn1)Nc1ccc(Cl)cc1. The Morgan fingerprint density at radius 1 is 1.08 bits per heavy atom. The van der Waals surface area contributed by atoms with Gasteiger partial charge in [-0.2, -0.15) is 0 Å². The minimum absolute atomic E-state index is 0.00737. The van der Waals surface area contributed by atoms with Crippen LogP contribution in [0.4, 0.5) is 11.5 Å². The lowest BCUT2D eigenvalue weighted by atomic mass is 10.3. The highest BCUT2D eigenvalue weighted by molar-refractivity contribution is 7.99. The molecule has 6 nitrogen and oxygen atoms in total. The van der Waals surface area contributed by atoms with Gasteiger partial charge in [-0.1, -0.05) is 23.4 Å². The van der Waals surface area contributed by atoms with E-state index in [9.17, 15) is 9.59 Å². The molecule has 1 aliphatic carbocycles. The van der Waals surface area contributed by atoms with Crippen molar-refractivity contribution in [2.24, 2.45) is 5.92 Å². The topological polar surface area (TPSA) is 84.0 Å². The molecule has 0 aliphatic heterocycles. The van der Waals surface area contributed by atoms with E-state index in [0.717, 1.165) is 12.8 Å². The number of thioether (sulfide) groups is 1. The number of carbonyl (C=O) groups is 2. The van der Waals surface area contributed by atoms with Gasteiger partial charge in [0, 0.05) is 16.6 Å². The maximum absolute atomic E-state index is 11.9. The summed E-state index contributed by atoms with van der Waals surface area (Å²) in [4.78, 5) is 23.5. The van der Waals surface area contributed by atoms with Gasteiger partial charge in [0.15, 0.2) is 5.82 Å². The van der Waals surface area contributed by atoms with E-state index in [4.69, 9.17) is 11.6 Å². The lowest BCUT2D eigenvalue weighted by molar-refractivity contribution is -0.117. The summed E-state index contributed by atoms with van der Waals surface area (Å²) in [5, 5.41) is 14.7. The summed E-state index contributed by atoms with van der Waals surface area (Å²) in [6.07, 6.45) is 1.88. The van der Waals surface area contributed by atoms with Gasteiger partial charge < -0.3 is 10.6 Å². The number of aromatic nitrogens is 2. The highest BCUT2D eigenvalue weighted by Crippen LogP contribution is 2.30. The first-order valence-electron chi connectivity index (χ1n) is 7.43. The third-order valence-electron chi connectivity index (χ3n) is 3.32. The highest BCUT2D eigenvalue weighted by Gasteiger charge is 2.29. The van der Waals surface area contributed by atoms with Crippen molar-refractivity contribution in [3.05, 3.63) is 41.4 Å². The smallest absolute Gasteiger partial charge is 0.234 e. The molecule has 0 atom stereocenters. The zero-order chi connectivity index (χ0) is 16.9. The summed E-state index contributed by atoms with van der Waals surface area (Å²) in [6.45, 7) is 0. The number of amides is 2. The average molecular weight is 363 g/mol. The summed E-state index contributed by atoms with van der Waals surface area (Å²) >= 11 is 7.07. The van der Waals surface area contributed by atoms with Gasteiger partial charge in [-0.25, -0.2) is 0 Å². The largest absolute Gasteiger partial charge is 0.325 e. The van der Waals surface area contributed by atoms with Gasteiger partial charge in [0.25, 0.3) is 0 Å². The Kier molecular flexibility index (Phi) is 5.32. The maximum atomic E-state index is 11.9. The molecule has 1 aliphatic rings. The maximum Gasteiger partial charge on any atom is 0.234 e. The molecule has 3 rings (SSSR count). The Balaban J connectivity index is 1.46. The highest BCUT2D eigenvalue weighted by atomic mass is 35.5. The molecule has 1 aromatic heterocycles. The number of rotatable bonds is 6. The first-order chi connectivity index (χ1) is 11.6. The van der Waals surface area contributed by atoms with E-state index in [0.29, 0.717) is 21.6 Å². The van der Waals surface area contributed by atoms with Gasteiger partial charge in [-0.05, 0) is 49.2 Å². The molecule has 0 radical (unpaired) electrons. The van der Waals surface area contributed by atoms with Gasteiger partial charge >= 0.3 is 0 Å². The van der Waals surface area contributed by atoms with Crippen LogP contribution in [0.15, 0.2) is 41.4 Å². The Labute approximate surface area is 148 Å². The van der Waals surface area contributed by atoms with Crippen LogP contribution >= 0.6 is 23.4 Å². The molecule has 2 amide bonds. The Morgan fingerprint density at radius 2 is 1.83 bits per heavy atom. The monoisotopic (exact) mass is 362 g/mol. The minimum Gasteiger partial charge on any atom is -0.325 e. The van der Waals surface area contributed by atoms with Crippen LogP contribution in [0.5, 0.6) is 0 Å². The first-order valence-corrected chi connectivity index (χ1v) is 8.79. The van der Waals surface area contributed by atoms with Crippen LogP contribution < -0.4 is 10.6 Å². The normalized spacial score (nSPS) is 13.4. The van der Waals surface area contributed by atoms with Gasteiger partial charge in [0.1, 0.15) is 5.03 Å². The van der Waals surface area contributed by atoms with E-state index < -0.39 is 0 Å². The first kappa shape index (κ1) is 16.7. The molecule has 0 spiro atoms. The average Bonchev–Trinajstić information content (AvgIpc) is 3.41. The molecule has 24 heavy (non-hydrogen) atoms. The zero-order valence-electron chi connectivity index (χ0n) is 12.7. The fourth-order valence-electron chi connectivity index (χ4n) is 1.91. The molecule has 0 saturated heterocycles. The van der Waals surface area contributed by atoms with Crippen molar-refractivity contribution in [3.63, 3.8) is 0 Å². The molecule has 1 saturated carbocycles. The molecule has 1 fully saturated rings. The fourth-order valence-corrected chi connectivity index (χ4v) is 2.65. The number of anilines is 2. The molecule has 0 unspecified atom stereocenters. The standard InChI is InChI=1S/C16H15ClN4O2S/c17-11-3-5-12(6-4-11)18-14(22)9-24-15-8-7-13(20-21-15)19-16(23)10-1-2-10/h3-8,10H,1-2,9H2,(H,18,22)(H,19,20,23). The molecular formula is C16H15ClN4O2S. The van der Waals surface area contributed by atoms with E-state index >= 15 is 0 Å². The predicted molar refractivity (Wildman–Crippen MR) is 94.2 cm³/mol. The predicted octanol–water partition coefficient (Wildman–Crippen LogP) is 3.21. The molecule has 2 N–H and O–H groups in total. The molecule has 8 heteroatoms. The number of nitrogens with zero attached hydrogens (tertiary/aromatic N) is 2. The Morgan fingerprint density at radius 3 is 2.46 bits per heavy atom. The van der Waals surface area contributed by atoms with Crippen molar-refractivity contribution in [1.29, 1.82) is 0 Å². The van der Waals surface area contributed by atoms with Crippen molar-refractivity contribution >= 4 is 46.7 Å². The van der Waals surface area contributed by atoms with E-state index in [1.807, 2.05) is 0 Å². The number of benzene rings is 1. The van der Waals surface area contributed by atoms with Crippen LogP contribution in [0.3, 0.4) is 0 Å². The number of nitrogens with one attached hydrogen (secondary N) is 2. The Bertz CT molecular complexity index is 733. The van der Waals surface area contributed by atoms with Crippen LogP contribution in [0.25, 0.3) is 0 Å². The summed E-state index contributed by atoms with van der Waals surface area (Å²) in [6, 6.07) is 10.3. The van der Waals surface area contributed by atoms with Crippen molar-refractivity contribution in [2.75, 3.05) is 16.4 Å². The molecule has 0 bridgehead atoms. The molecular weight excluding hydrogens is 348 g/mol. The second-order valence-corrected chi connectivity index (χ2v) is 6.80. The number of hydrogen-bond acceptors (Lipinski definition) is 5. The Hall–Kier alpha value is -2.12. The zero-order valence-corrected chi connectivity index (χ0v) is 14.2. The summed E-state index contributed by atoms with van der Waals surface area (Å²) in [5.41, 5.74) is 0.689. The number of hydrogen-bond donors (Lipinski definition) is 2. The van der Waals surface area contributed by atoms with Crippen LogP contribution in [-0.2, 0) is 9.59 Å². The van der Waals surface area contributed by atoms with Crippen molar-refractivity contribution in [1.82, 2.24) is 10.2 Å². The quantitative estimate of drug-likeness (QED) is 0.771. The van der Waals surface area contributed by atoms with E-state index in [-0.39, 0.29) is 23.5 Å². The minimum atomic E-state index is -0.143. The molecule has 1 aromatic carbocycles. The summed E-state index contributed by atoms with van der Waals surface area (Å²) in [7, 11) is 0. The second kappa shape index (κ2) is 7.63. The molecule has 124 valence electrons.